The fourth-order valence-corrected chi connectivity index (χ4v) is 1.36. The second kappa shape index (κ2) is 4.71. The molecule has 1 aromatic heterocycles. The van der Waals surface area contributed by atoms with Gasteiger partial charge in [0.15, 0.2) is 5.69 Å². The first kappa shape index (κ1) is 13.1. The van der Waals surface area contributed by atoms with Crippen LogP contribution in [0.25, 0.3) is 0 Å². The Morgan fingerprint density at radius 1 is 1.05 bits per heavy atom. The molecule has 3 N–H and O–H groups in total. The summed E-state index contributed by atoms with van der Waals surface area (Å²) in [5.74, 6) is -1.07. The van der Waals surface area contributed by atoms with Crippen LogP contribution >= 0.6 is 0 Å². The van der Waals surface area contributed by atoms with Crippen molar-refractivity contribution in [2.24, 2.45) is 0 Å². The highest BCUT2D eigenvalue weighted by atomic mass is 19.4. The Morgan fingerprint density at radius 2 is 1.68 bits per heavy atom. The zero-order chi connectivity index (χ0) is 14.0. The molecule has 0 aliphatic rings. The maximum Gasteiger partial charge on any atom is 0.433 e. The van der Waals surface area contributed by atoms with E-state index >= 15 is 0 Å². The SMILES string of the molecule is Nc1nc(Nc2ccc(F)cc2)cc(C(F)(F)F)n1. The van der Waals surface area contributed by atoms with Crippen molar-refractivity contribution in [2.75, 3.05) is 11.1 Å². The molecule has 0 radical (unpaired) electrons. The largest absolute Gasteiger partial charge is 0.433 e. The molecule has 0 saturated heterocycles. The third kappa shape index (κ3) is 3.30. The lowest BCUT2D eigenvalue weighted by Gasteiger charge is -2.10. The summed E-state index contributed by atoms with van der Waals surface area (Å²) in [6.45, 7) is 0. The minimum absolute atomic E-state index is 0.119. The maximum atomic E-state index is 12.7. The van der Waals surface area contributed by atoms with E-state index in [1.54, 1.807) is 0 Å². The summed E-state index contributed by atoms with van der Waals surface area (Å²) < 4.78 is 50.2. The lowest BCUT2D eigenvalue weighted by molar-refractivity contribution is -0.141. The summed E-state index contributed by atoms with van der Waals surface area (Å²) in [7, 11) is 0. The summed E-state index contributed by atoms with van der Waals surface area (Å²) in [4.78, 5) is 6.73. The van der Waals surface area contributed by atoms with E-state index < -0.39 is 23.6 Å². The van der Waals surface area contributed by atoms with Gasteiger partial charge in [-0.05, 0) is 24.3 Å². The van der Waals surface area contributed by atoms with E-state index in [9.17, 15) is 17.6 Å². The van der Waals surface area contributed by atoms with E-state index in [4.69, 9.17) is 5.73 Å². The fourth-order valence-electron chi connectivity index (χ4n) is 1.36. The van der Waals surface area contributed by atoms with Crippen LogP contribution < -0.4 is 11.1 Å². The molecule has 0 aliphatic carbocycles. The summed E-state index contributed by atoms with van der Waals surface area (Å²) in [6, 6.07) is 5.77. The zero-order valence-corrected chi connectivity index (χ0v) is 9.37. The summed E-state index contributed by atoms with van der Waals surface area (Å²) in [5.41, 5.74) is 4.45. The lowest BCUT2D eigenvalue weighted by atomic mass is 10.3. The zero-order valence-electron chi connectivity index (χ0n) is 9.37. The molecular weight excluding hydrogens is 264 g/mol. The van der Waals surface area contributed by atoms with Crippen molar-refractivity contribution in [3.63, 3.8) is 0 Å². The third-order valence-corrected chi connectivity index (χ3v) is 2.15. The number of nitrogen functional groups attached to an aromatic ring is 1. The molecule has 8 heteroatoms. The molecule has 0 aliphatic heterocycles. The minimum Gasteiger partial charge on any atom is -0.368 e. The Bertz CT molecular complexity index is 580. The monoisotopic (exact) mass is 272 g/mol. The van der Waals surface area contributed by atoms with E-state index in [1.807, 2.05) is 0 Å². The van der Waals surface area contributed by atoms with Crippen molar-refractivity contribution in [1.29, 1.82) is 0 Å². The van der Waals surface area contributed by atoms with E-state index in [-0.39, 0.29) is 5.82 Å². The highest BCUT2D eigenvalue weighted by Crippen LogP contribution is 2.29. The number of hydrogen-bond donors (Lipinski definition) is 2. The quantitative estimate of drug-likeness (QED) is 0.825. The van der Waals surface area contributed by atoms with E-state index in [2.05, 4.69) is 15.3 Å². The topological polar surface area (TPSA) is 63.8 Å². The van der Waals surface area contributed by atoms with Crippen LogP contribution in [-0.4, -0.2) is 9.97 Å². The van der Waals surface area contributed by atoms with Crippen LogP contribution in [0.4, 0.5) is 35.0 Å². The molecule has 0 bridgehead atoms. The molecule has 2 rings (SSSR count). The van der Waals surface area contributed by atoms with Gasteiger partial charge in [-0.3, -0.25) is 0 Å². The molecule has 0 atom stereocenters. The van der Waals surface area contributed by atoms with Gasteiger partial charge < -0.3 is 11.1 Å². The van der Waals surface area contributed by atoms with Gasteiger partial charge in [-0.15, -0.1) is 0 Å². The van der Waals surface area contributed by atoms with Gasteiger partial charge >= 0.3 is 6.18 Å². The van der Waals surface area contributed by atoms with Gasteiger partial charge in [-0.25, -0.2) is 9.37 Å². The molecule has 0 amide bonds. The van der Waals surface area contributed by atoms with Gasteiger partial charge in [-0.2, -0.15) is 18.2 Å². The van der Waals surface area contributed by atoms with E-state index in [1.165, 1.54) is 12.1 Å². The number of alkyl halides is 3. The van der Waals surface area contributed by atoms with Crippen molar-refractivity contribution in [1.82, 2.24) is 9.97 Å². The number of hydrogen-bond acceptors (Lipinski definition) is 4. The number of benzene rings is 1. The Kier molecular flexibility index (Phi) is 3.24. The van der Waals surface area contributed by atoms with Crippen molar-refractivity contribution in [3.05, 3.63) is 41.8 Å². The van der Waals surface area contributed by atoms with E-state index in [0.29, 0.717) is 5.69 Å². The number of nitrogens with two attached hydrogens (primary N) is 1. The van der Waals surface area contributed by atoms with Gasteiger partial charge in [0.25, 0.3) is 0 Å². The number of halogens is 4. The molecule has 19 heavy (non-hydrogen) atoms. The summed E-state index contributed by atoms with van der Waals surface area (Å²) in [6.07, 6.45) is -4.61. The Labute approximate surface area is 105 Å². The van der Waals surface area contributed by atoms with Crippen molar-refractivity contribution in [2.45, 2.75) is 6.18 Å². The van der Waals surface area contributed by atoms with Gasteiger partial charge in [0, 0.05) is 11.8 Å². The molecular formula is C11H8F4N4. The molecule has 100 valence electrons. The highest BCUT2D eigenvalue weighted by Gasteiger charge is 2.33. The predicted molar refractivity (Wildman–Crippen MR) is 61.1 cm³/mol. The number of rotatable bonds is 2. The standard InChI is InChI=1S/C11H8F4N4/c12-6-1-3-7(4-2-6)17-9-5-8(11(13,14)15)18-10(16)19-9/h1-5H,(H3,16,17,18,19). The Hall–Kier alpha value is -2.38. The van der Waals surface area contributed by atoms with Crippen LogP contribution in [0.15, 0.2) is 30.3 Å². The van der Waals surface area contributed by atoms with Gasteiger partial charge in [0.2, 0.25) is 5.95 Å². The normalized spacial score (nSPS) is 11.4. The Balaban J connectivity index is 2.30. The molecule has 0 saturated carbocycles. The summed E-state index contributed by atoms with van der Waals surface area (Å²) in [5, 5.41) is 2.59. The lowest BCUT2D eigenvalue weighted by Crippen LogP contribution is -2.12. The second-order valence-corrected chi connectivity index (χ2v) is 3.63. The molecule has 0 fully saturated rings. The van der Waals surface area contributed by atoms with E-state index in [0.717, 1.165) is 18.2 Å². The molecule has 0 unspecified atom stereocenters. The van der Waals surface area contributed by atoms with Gasteiger partial charge in [-0.1, -0.05) is 0 Å². The number of anilines is 3. The number of aromatic nitrogens is 2. The fraction of sp³-hybridized carbons (Fsp3) is 0.0909. The maximum absolute atomic E-state index is 12.7. The average Bonchev–Trinajstić information content (AvgIpc) is 2.30. The second-order valence-electron chi connectivity index (χ2n) is 3.63. The first-order valence-electron chi connectivity index (χ1n) is 5.09. The first-order chi connectivity index (χ1) is 8.84. The number of nitrogens with zero attached hydrogens (tertiary/aromatic N) is 2. The van der Waals surface area contributed by atoms with Gasteiger partial charge in [0.1, 0.15) is 11.6 Å². The van der Waals surface area contributed by atoms with Crippen LogP contribution in [0.1, 0.15) is 5.69 Å². The van der Waals surface area contributed by atoms with Crippen LogP contribution in [-0.2, 0) is 6.18 Å². The van der Waals surface area contributed by atoms with Crippen LogP contribution in [0, 0.1) is 5.82 Å². The van der Waals surface area contributed by atoms with Crippen molar-refractivity contribution < 1.29 is 17.6 Å². The third-order valence-electron chi connectivity index (χ3n) is 2.15. The summed E-state index contributed by atoms with van der Waals surface area (Å²) >= 11 is 0. The predicted octanol–water partition coefficient (Wildman–Crippen LogP) is 2.96. The Morgan fingerprint density at radius 3 is 2.26 bits per heavy atom. The van der Waals surface area contributed by atoms with Crippen molar-refractivity contribution in [3.8, 4) is 0 Å². The molecule has 1 aromatic carbocycles. The molecule has 0 spiro atoms. The minimum atomic E-state index is -4.61. The highest BCUT2D eigenvalue weighted by molar-refractivity contribution is 5.57. The number of nitrogens with one attached hydrogen (secondary N) is 1. The van der Waals surface area contributed by atoms with Crippen LogP contribution in [0.2, 0.25) is 0 Å². The van der Waals surface area contributed by atoms with Crippen LogP contribution in [0.5, 0.6) is 0 Å². The molecule has 2 aromatic rings. The van der Waals surface area contributed by atoms with Gasteiger partial charge in [0.05, 0.1) is 0 Å². The van der Waals surface area contributed by atoms with Crippen molar-refractivity contribution >= 4 is 17.5 Å². The molecule has 1 heterocycles. The molecule has 4 nitrogen and oxygen atoms in total. The van der Waals surface area contributed by atoms with Crippen LogP contribution in [0.3, 0.4) is 0 Å². The smallest absolute Gasteiger partial charge is 0.368 e. The first-order valence-corrected chi connectivity index (χ1v) is 5.09. The average molecular weight is 272 g/mol.